The van der Waals surface area contributed by atoms with E-state index in [1.54, 1.807) is 0 Å². The number of aliphatic hydroxyl groups excluding tert-OH is 1. The van der Waals surface area contributed by atoms with Gasteiger partial charge in [-0.3, -0.25) is 4.79 Å². The fourth-order valence-corrected chi connectivity index (χ4v) is 3.19. The van der Waals surface area contributed by atoms with Gasteiger partial charge in [0, 0.05) is 12.0 Å². The van der Waals surface area contributed by atoms with Gasteiger partial charge in [0.05, 0.1) is 6.61 Å². The molecular weight excluding hydrogens is 455 g/mol. The molecule has 0 bridgehead atoms. The van der Waals surface area contributed by atoms with Crippen molar-refractivity contribution in [3.8, 4) is 0 Å². The van der Waals surface area contributed by atoms with E-state index in [1.165, 1.54) is 89.9 Å². The SMILES string of the molecule is CCCCCCCCCCCCCCCCCC(N)=O.CCCNC(C)(C)CO.O=P(O)(O)O. The van der Waals surface area contributed by atoms with Gasteiger partial charge < -0.3 is 30.8 Å². The highest BCUT2D eigenvalue weighted by Crippen LogP contribution is 2.25. The van der Waals surface area contributed by atoms with Crippen molar-refractivity contribution in [3.63, 3.8) is 0 Å². The van der Waals surface area contributed by atoms with Crippen LogP contribution >= 0.6 is 7.82 Å². The molecule has 0 aromatic rings. The zero-order valence-corrected chi connectivity index (χ0v) is 23.5. The van der Waals surface area contributed by atoms with Crippen molar-refractivity contribution in [2.75, 3.05) is 13.2 Å². The Kier molecular flexibility index (Phi) is 30.3. The second-order valence-electron chi connectivity index (χ2n) is 9.65. The van der Waals surface area contributed by atoms with E-state index < -0.39 is 7.82 Å². The van der Waals surface area contributed by atoms with Crippen molar-refractivity contribution in [1.29, 1.82) is 0 Å². The van der Waals surface area contributed by atoms with Crippen LogP contribution in [0.3, 0.4) is 0 Å². The first-order valence-corrected chi connectivity index (χ1v) is 14.9. The van der Waals surface area contributed by atoms with E-state index in [2.05, 4.69) is 19.2 Å². The van der Waals surface area contributed by atoms with Gasteiger partial charge in [-0.25, -0.2) is 4.57 Å². The number of primary amides is 1. The first-order chi connectivity index (χ1) is 15.9. The molecule has 0 saturated heterocycles. The molecule has 0 spiro atoms. The molecule has 0 aliphatic heterocycles. The first-order valence-electron chi connectivity index (χ1n) is 13.3. The molecule has 0 aliphatic rings. The molecule has 9 heteroatoms. The summed E-state index contributed by atoms with van der Waals surface area (Å²) in [5.41, 5.74) is 5.01. The van der Waals surface area contributed by atoms with Gasteiger partial charge in [-0.05, 0) is 33.2 Å². The second kappa shape index (κ2) is 27.1. The van der Waals surface area contributed by atoms with Crippen molar-refractivity contribution in [1.82, 2.24) is 5.32 Å². The van der Waals surface area contributed by atoms with Gasteiger partial charge in [-0.15, -0.1) is 0 Å². The van der Waals surface area contributed by atoms with Gasteiger partial charge in [-0.2, -0.15) is 0 Å². The predicted molar refractivity (Wildman–Crippen MR) is 142 cm³/mol. The minimum atomic E-state index is -4.64. The van der Waals surface area contributed by atoms with Crippen LogP contribution in [0.25, 0.3) is 0 Å². The Morgan fingerprint density at radius 2 is 1.06 bits per heavy atom. The monoisotopic (exact) mass is 512 g/mol. The Morgan fingerprint density at radius 3 is 1.32 bits per heavy atom. The standard InChI is InChI=1S/C18H37NO.C7H17NO.H3O4P/c1-2-3-4-5-6-7-8-9-10-11-12-13-14-15-16-17-18(19)20;1-4-5-8-7(2,3)6-9;1-5(2,3)4/h2-17H2,1H3,(H2,19,20);8-9H,4-6H2,1-3H3;(H3,1,2,3,4). The Balaban J connectivity index is -0.000000563. The largest absolute Gasteiger partial charge is 0.466 e. The number of nitrogens with two attached hydrogens (primary N) is 1. The van der Waals surface area contributed by atoms with Gasteiger partial charge in [0.1, 0.15) is 0 Å². The molecule has 0 aromatic carbocycles. The zero-order chi connectivity index (χ0) is 26.7. The van der Waals surface area contributed by atoms with E-state index in [1.807, 2.05) is 13.8 Å². The molecule has 0 radical (unpaired) electrons. The average molecular weight is 513 g/mol. The number of aliphatic hydroxyl groups is 1. The van der Waals surface area contributed by atoms with Crippen LogP contribution in [0.2, 0.25) is 0 Å². The van der Waals surface area contributed by atoms with E-state index in [-0.39, 0.29) is 18.1 Å². The minimum Gasteiger partial charge on any atom is -0.394 e. The van der Waals surface area contributed by atoms with Crippen LogP contribution in [-0.2, 0) is 9.36 Å². The molecule has 7 N–H and O–H groups in total. The maximum Gasteiger partial charge on any atom is 0.466 e. The fraction of sp³-hybridized carbons (Fsp3) is 0.960. The molecule has 0 aromatic heterocycles. The summed E-state index contributed by atoms with van der Waals surface area (Å²) in [5.74, 6) is -0.153. The highest BCUT2D eigenvalue weighted by Gasteiger charge is 2.13. The second-order valence-corrected chi connectivity index (χ2v) is 10.7. The molecule has 0 fully saturated rings. The maximum absolute atomic E-state index is 10.6. The lowest BCUT2D eigenvalue weighted by Gasteiger charge is -2.22. The Hall–Kier alpha value is -0.500. The summed E-state index contributed by atoms with van der Waals surface area (Å²) in [6.45, 7) is 9.55. The number of phosphoric acid groups is 1. The summed E-state index contributed by atoms with van der Waals surface area (Å²) in [6, 6.07) is 0. The van der Waals surface area contributed by atoms with E-state index in [4.69, 9.17) is 30.1 Å². The number of rotatable bonds is 20. The lowest BCUT2D eigenvalue weighted by atomic mass is 10.0. The number of hydrogen-bond donors (Lipinski definition) is 6. The smallest absolute Gasteiger partial charge is 0.394 e. The van der Waals surface area contributed by atoms with Gasteiger partial charge in [0.25, 0.3) is 0 Å². The van der Waals surface area contributed by atoms with E-state index in [9.17, 15) is 4.79 Å². The average Bonchev–Trinajstić information content (AvgIpc) is 2.74. The van der Waals surface area contributed by atoms with Crippen LogP contribution in [0.4, 0.5) is 0 Å². The van der Waals surface area contributed by atoms with Crippen LogP contribution in [0.5, 0.6) is 0 Å². The molecule has 0 saturated carbocycles. The summed E-state index contributed by atoms with van der Waals surface area (Å²) >= 11 is 0. The molecule has 208 valence electrons. The van der Waals surface area contributed by atoms with Crippen LogP contribution in [0.15, 0.2) is 0 Å². The number of hydrogen-bond acceptors (Lipinski definition) is 4. The van der Waals surface area contributed by atoms with Crippen molar-refractivity contribution in [2.24, 2.45) is 5.73 Å². The van der Waals surface area contributed by atoms with E-state index in [0.717, 1.165) is 19.4 Å². The number of carbonyl (C=O) groups excluding carboxylic acids is 1. The van der Waals surface area contributed by atoms with Gasteiger partial charge >= 0.3 is 7.82 Å². The van der Waals surface area contributed by atoms with Crippen molar-refractivity contribution < 1.29 is 29.1 Å². The lowest BCUT2D eigenvalue weighted by molar-refractivity contribution is -0.118. The van der Waals surface area contributed by atoms with E-state index >= 15 is 0 Å². The number of amides is 1. The molecule has 34 heavy (non-hydrogen) atoms. The van der Waals surface area contributed by atoms with Crippen molar-refractivity contribution >= 4 is 13.7 Å². The predicted octanol–water partition coefficient (Wildman–Crippen LogP) is 5.56. The highest BCUT2D eigenvalue weighted by molar-refractivity contribution is 7.45. The number of unbranched alkanes of at least 4 members (excludes halogenated alkanes) is 14. The van der Waals surface area contributed by atoms with Gasteiger partial charge in [0.2, 0.25) is 5.91 Å². The summed E-state index contributed by atoms with van der Waals surface area (Å²) in [6.07, 6.45) is 22.0. The molecule has 0 atom stereocenters. The molecule has 0 heterocycles. The van der Waals surface area contributed by atoms with Crippen LogP contribution in [0, 0.1) is 0 Å². The van der Waals surface area contributed by atoms with Gasteiger partial charge in [-0.1, -0.05) is 104 Å². The van der Waals surface area contributed by atoms with E-state index in [0.29, 0.717) is 6.42 Å². The summed E-state index contributed by atoms with van der Waals surface area (Å²) < 4.78 is 8.88. The molecule has 0 rings (SSSR count). The summed E-state index contributed by atoms with van der Waals surface area (Å²) in [4.78, 5) is 32.1. The molecule has 0 unspecified atom stereocenters. The normalized spacial score (nSPS) is 11.3. The Labute approximate surface area is 209 Å². The highest BCUT2D eigenvalue weighted by atomic mass is 31.2. The maximum atomic E-state index is 10.6. The third-order valence-corrected chi connectivity index (χ3v) is 5.28. The molecule has 1 amide bonds. The molecular formula is C25H57N2O6P. The fourth-order valence-electron chi connectivity index (χ4n) is 3.19. The quantitative estimate of drug-likeness (QED) is 0.0922. The molecule has 0 aliphatic carbocycles. The van der Waals surface area contributed by atoms with Crippen LogP contribution in [-0.4, -0.2) is 44.4 Å². The summed E-state index contributed by atoms with van der Waals surface area (Å²) in [5, 5.41) is 12.0. The third-order valence-electron chi connectivity index (χ3n) is 5.28. The first kappa shape index (κ1) is 38.0. The summed E-state index contributed by atoms with van der Waals surface area (Å²) in [7, 11) is -4.64. The lowest BCUT2D eigenvalue weighted by Crippen LogP contribution is -2.42. The van der Waals surface area contributed by atoms with Crippen LogP contribution in [0.1, 0.15) is 137 Å². The van der Waals surface area contributed by atoms with Gasteiger partial charge in [0.15, 0.2) is 0 Å². The minimum absolute atomic E-state index is 0.101. The van der Waals surface area contributed by atoms with Crippen molar-refractivity contribution in [3.05, 3.63) is 0 Å². The Bertz CT molecular complexity index is 464. The Morgan fingerprint density at radius 1 is 0.735 bits per heavy atom. The third kappa shape index (κ3) is 48.8. The molecule has 8 nitrogen and oxygen atoms in total. The zero-order valence-electron chi connectivity index (χ0n) is 22.6. The van der Waals surface area contributed by atoms with Crippen LogP contribution < -0.4 is 11.1 Å². The number of carbonyl (C=O) groups is 1. The van der Waals surface area contributed by atoms with Crippen molar-refractivity contribution in [2.45, 2.75) is 142 Å². The number of nitrogens with one attached hydrogen (secondary N) is 1. The topological polar surface area (TPSA) is 153 Å².